The Labute approximate surface area is 154 Å². The van der Waals surface area contributed by atoms with Gasteiger partial charge in [-0.3, -0.25) is 9.59 Å². The van der Waals surface area contributed by atoms with Gasteiger partial charge in [-0.15, -0.1) is 11.8 Å². The summed E-state index contributed by atoms with van der Waals surface area (Å²) in [5, 5.41) is 0. The summed E-state index contributed by atoms with van der Waals surface area (Å²) in [6.45, 7) is 4.47. The van der Waals surface area contributed by atoms with E-state index in [0.717, 1.165) is 51.1 Å². The van der Waals surface area contributed by atoms with Crippen molar-refractivity contribution in [2.45, 2.75) is 50.3 Å². The third kappa shape index (κ3) is 4.20. The summed E-state index contributed by atoms with van der Waals surface area (Å²) in [4.78, 5) is 29.0. The van der Waals surface area contributed by atoms with E-state index in [9.17, 15) is 9.59 Å². The van der Waals surface area contributed by atoms with E-state index in [0.29, 0.717) is 12.8 Å². The first kappa shape index (κ1) is 18.3. The maximum Gasteiger partial charge on any atom is 0.224 e. The molecule has 2 heterocycles. The van der Waals surface area contributed by atoms with Gasteiger partial charge in [0.1, 0.15) is 0 Å². The van der Waals surface area contributed by atoms with Crippen LogP contribution in [0.3, 0.4) is 0 Å². The van der Waals surface area contributed by atoms with Crippen LogP contribution in [0.1, 0.15) is 44.6 Å². The van der Waals surface area contributed by atoms with E-state index in [4.69, 9.17) is 0 Å². The summed E-state index contributed by atoms with van der Waals surface area (Å²) in [6.07, 6.45) is 4.73. The Bertz CT molecular complexity index is 597. The second kappa shape index (κ2) is 8.26. The summed E-state index contributed by atoms with van der Waals surface area (Å²) in [7, 11) is 0. The van der Waals surface area contributed by atoms with Gasteiger partial charge in [-0.1, -0.05) is 37.3 Å². The fraction of sp³-hybridized carbons (Fsp3) is 0.600. The third-order valence-corrected chi connectivity index (χ3v) is 6.86. The fourth-order valence-electron chi connectivity index (χ4n) is 3.88. The molecule has 4 nitrogen and oxygen atoms in total. The number of carbonyl (C=O) groups excluding carboxylic acids is 2. The molecular weight excluding hydrogens is 332 g/mol. The quantitative estimate of drug-likeness (QED) is 0.809. The zero-order valence-corrected chi connectivity index (χ0v) is 15.9. The number of aryl methyl sites for hydroxylation is 1. The Balaban J connectivity index is 1.57. The number of benzene rings is 1. The van der Waals surface area contributed by atoms with Gasteiger partial charge in [-0.25, -0.2) is 0 Å². The fourth-order valence-corrected chi connectivity index (χ4v) is 5.36. The number of piperidine rings is 1. The lowest BCUT2D eigenvalue weighted by Gasteiger charge is -2.44. The van der Waals surface area contributed by atoms with Crippen molar-refractivity contribution in [3.05, 3.63) is 35.9 Å². The van der Waals surface area contributed by atoms with Crippen LogP contribution in [0, 0.1) is 0 Å². The standard InChI is InChI=1S/C20H28N2O2S/c1-2-6-18(23)21-13-11-20(12-14-21)22(15-16-25-20)19(24)10-9-17-7-4-3-5-8-17/h3-5,7-8H,2,6,9-16H2,1H3. The molecule has 1 aromatic rings. The van der Waals surface area contributed by atoms with Gasteiger partial charge in [0.2, 0.25) is 11.8 Å². The molecule has 25 heavy (non-hydrogen) atoms. The summed E-state index contributed by atoms with van der Waals surface area (Å²) in [5.74, 6) is 1.55. The van der Waals surface area contributed by atoms with Gasteiger partial charge in [0, 0.05) is 38.2 Å². The van der Waals surface area contributed by atoms with Crippen molar-refractivity contribution in [3.63, 3.8) is 0 Å². The van der Waals surface area contributed by atoms with Gasteiger partial charge in [-0.2, -0.15) is 0 Å². The predicted octanol–water partition coefficient (Wildman–Crippen LogP) is 3.31. The maximum absolute atomic E-state index is 12.8. The number of hydrogen-bond acceptors (Lipinski definition) is 3. The highest BCUT2D eigenvalue weighted by molar-refractivity contribution is 8.00. The van der Waals surface area contributed by atoms with E-state index < -0.39 is 0 Å². The minimum atomic E-state index is -0.0727. The molecule has 0 saturated carbocycles. The molecule has 2 fully saturated rings. The SMILES string of the molecule is CCCC(=O)N1CCC2(CC1)SCCN2C(=O)CCc1ccccc1. The van der Waals surface area contributed by atoms with Crippen molar-refractivity contribution in [2.24, 2.45) is 0 Å². The second-order valence-corrected chi connectivity index (χ2v) is 8.41. The van der Waals surface area contributed by atoms with Crippen LogP contribution < -0.4 is 0 Å². The minimum Gasteiger partial charge on any atom is -0.342 e. The van der Waals surface area contributed by atoms with Crippen LogP contribution in [0.25, 0.3) is 0 Å². The Morgan fingerprint density at radius 1 is 1.04 bits per heavy atom. The Morgan fingerprint density at radius 2 is 1.76 bits per heavy atom. The average Bonchev–Trinajstić information content (AvgIpc) is 3.04. The first-order valence-electron chi connectivity index (χ1n) is 9.41. The van der Waals surface area contributed by atoms with Crippen LogP contribution in [-0.2, 0) is 16.0 Å². The molecule has 0 unspecified atom stereocenters. The largest absolute Gasteiger partial charge is 0.342 e. The molecule has 5 heteroatoms. The van der Waals surface area contributed by atoms with Gasteiger partial charge in [0.15, 0.2) is 0 Å². The highest BCUT2D eigenvalue weighted by Gasteiger charge is 2.46. The van der Waals surface area contributed by atoms with Crippen molar-refractivity contribution < 1.29 is 9.59 Å². The van der Waals surface area contributed by atoms with E-state index in [1.54, 1.807) is 0 Å². The molecule has 0 atom stereocenters. The summed E-state index contributed by atoms with van der Waals surface area (Å²) < 4.78 is 0. The number of hydrogen-bond donors (Lipinski definition) is 0. The molecule has 2 aliphatic heterocycles. The molecule has 0 radical (unpaired) electrons. The lowest BCUT2D eigenvalue weighted by atomic mass is 10.0. The number of carbonyl (C=O) groups is 2. The molecular formula is C20H28N2O2S. The Hall–Kier alpha value is -1.49. The van der Waals surface area contributed by atoms with Gasteiger partial charge < -0.3 is 9.80 Å². The Morgan fingerprint density at radius 3 is 2.44 bits per heavy atom. The number of amides is 2. The highest BCUT2D eigenvalue weighted by atomic mass is 32.2. The van der Waals surface area contributed by atoms with E-state index in [2.05, 4.69) is 17.0 Å². The molecule has 0 N–H and O–H groups in total. The van der Waals surface area contributed by atoms with Crippen LogP contribution in [-0.4, -0.2) is 51.9 Å². The van der Waals surface area contributed by atoms with Crippen LogP contribution in [0.5, 0.6) is 0 Å². The van der Waals surface area contributed by atoms with Crippen molar-refractivity contribution in [3.8, 4) is 0 Å². The van der Waals surface area contributed by atoms with Crippen LogP contribution in [0.4, 0.5) is 0 Å². The lowest BCUT2D eigenvalue weighted by molar-refractivity contribution is -0.137. The molecule has 2 saturated heterocycles. The number of likely N-dealkylation sites (tertiary alicyclic amines) is 1. The Kier molecular flexibility index (Phi) is 6.05. The topological polar surface area (TPSA) is 40.6 Å². The van der Waals surface area contributed by atoms with Crippen LogP contribution in [0.15, 0.2) is 30.3 Å². The van der Waals surface area contributed by atoms with E-state index in [-0.39, 0.29) is 16.7 Å². The molecule has 1 spiro atoms. The first-order valence-corrected chi connectivity index (χ1v) is 10.4. The predicted molar refractivity (Wildman–Crippen MR) is 102 cm³/mol. The maximum atomic E-state index is 12.8. The zero-order chi connectivity index (χ0) is 17.7. The molecule has 136 valence electrons. The van der Waals surface area contributed by atoms with Crippen molar-refractivity contribution in [1.29, 1.82) is 0 Å². The summed E-state index contributed by atoms with van der Waals surface area (Å²) in [6, 6.07) is 10.2. The molecule has 1 aromatic carbocycles. The van der Waals surface area contributed by atoms with E-state index in [1.165, 1.54) is 5.56 Å². The molecule has 0 aliphatic carbocycles. The zero-order valence-electron chi connectivity index (χ0n) is 15.1. The molecule has 2 amide bonds. The minimum absolute atomic E-state index is 0.0727. The smallest absolute Gasteiger partial charge is 0.224 e. The van der Waals surface area contributed by atoms with Crippen molar-refractivity contribution in [1.82, 2.24) is 9.80 Å². The average molecular weight is 361 g/mol. The normalized spacial score (nSPS) is 19.4. The summed E-state index contributed by atoms with van der Waals surface area (Å²) >= 11 is 1.92. The number of thioether (sulfide) groups is 1. The molecule has 2 aliphatic rings. The van der Waals surface area contributed by atoms with Crippen LogP contribution in [0.2, 0.25) is 0 Å². The number of nitrogens with zero attached hydrogens (tertiary/aromatic N) is 2. The van der Waals surface area contributed by atoms with Gasteiger partial charge in [0.05, 0.1) is 4.87 Å². The third-order valence-electron chi connectivity index (χ3n) is 5.31. The first-order chi connectivity index (χ1) is 12.1. The van der Waals surface area contributed by atoms with Gasteiger partial charge in [0.25, 0.3) is 0 Å². The monoisotopic (exact) mass is 360 g/mol. The molecule has 3 rings (SSSR count). The lowest BCUT2D eigenvalue weighted by Crippen LogP contribution is -2.53. The highest BCUT2D eigenvalue weighted by Crippen LogP contribution is 2.44. The van der Waals surface area contributed by atoms with Crippen molar-refractivity contribution in [2.75, 3.05) is 25.4 Å². The van der Waals surface area contributed by atoms with E-state index in [1.807, 2.05) is 41.8 Å². The van der Waals surface area contributed by atoms with Crippen LogP contribution >= 0.6 is 11.8 Å². The molecule has 0 bridgehead atoms. The van der Waals surface area contributed by atoms with Crippen molar-refractivity contribution >= 4 is 23.6 Å². The van der Waals surface area contributed by atoms with E-state index >= 15 is 0 Å². The second-order valence-electron chi connectivity index (χ2n) is 6.96. The summed E-state index contributed by atoms with van der Waals surface area (Å²) in [5.41, 5.74) is 1.22. The van der Waals surface area contributed by atoms with Gasteiger partial charge >= 0.3 is 0 Å². The molecule has 0 aromatic heterocycles. The van der Waals surface area contributed by atoms with Gasteiger partial charge in [-0.05, 0) is 31.2 Å². The number of rotatable bonds is 5.